The third-order valence-corrected chi connectivity index (χ3v) is 3.81. The van der Waals surface area contributed by atoms with Gasteiger partial charge in [0.2, 0.25) is 0 Å². The zero-order valence-corrected chi connectivity index (χ0v) is 14.9. The molecule has 1 aliphatic heterocycles. The molecule has 0 bridgehead atoms. The first-order valence-electron chi connectivity index (χ1n) is 8.02. The van der Waals surface area contributed by atoms with Gasteiger partial charge in [-0.1, -0.05) is 19.4 Å². The molecule has 1 aliphatic rings. The normalized spacial score (nSPS) is 15.9. The maximum absolute atomic E-state index is 12.4. The number of benzene rings is 1. The molecule has 1 aromatic carbocycles. The van der Waals surface area contributed by atoms with E-state index < -0.39 is 6.61 Å². The van der Waals surface area contributed by atoms with Gasteiger partial charge in [-0.05, 0) is 49.3 Å². The quantitative estimate of drug-likeness (QED) is 0.560. The summed E-state index contributed by atoms with van der Waals surface area (Å²) in [6, 6.07) is 4.50. The molecule has 2 rings (SSSR count). The maximum atomic E-state index is 12.4. The Bertz CT molecular complexity index is 680. The number of carbonyl (C=O) groups is 1. The zero-order chi connectivity index (χ0) is 18.4. The number of thiocarbonyl (C=S) groups is 1. The molecular formula is C17H20F2N2O3S. The van der Waals surface area contributed by atoms with Crippen molar-refractivity contribution in [1.29, 1.82) is 0 Å². The van der Waals surface area contributed by atoms with Gasteiger partial charge in [0.25, 0.3) is 5.91 Å². The number of hydrogen-bond acceptors (Lipinski definition) is 4. The second-order valence-corrected chi connectivity index (χ2v) is 5.70. The van der Waals surface area contributed by atoms with Crippen LogP contribution in [0.5, 0.6) is 11.5 Å². The minimum Gasteiger partial charge on any atom is -0.490 e. The van der Waals surface area contributed by atoms with E-state index in [1.807, 2.05) is 6.92 Å². The van der Waals surface area contributed by atoms with Gasteiger partial charge >= 0.3 is 6.61 Å². The van der Waals surface area contributed by atoms with Gasteiger partial charge in [0.15, 0.2) is 16.6 Å². The summed E-state index contributed by atoms with van der Waals surface area (Å²) < 4.78 is 34.7. The standard InChI is InChI=1S/C17H20F2N2O3S/c1-3-5-8-21-15(22)12(20-17(21)25)9-11-6-7-13(24-16(18)19)14(10-11)23-4-2/h6-7,9-10,16H,3-5,8H2,1-2H3,(H,20,25)/b12-9+. The topological polar surface area (TPSA) is 50.8 Å². The van der Waals surface area contributed by atoms with Crippen molar-refractivity contribution in [3.63, 3.8) is 0 Å². The van der Waals surface area contributed by atoms with Crippen molar-refractivity contribution in [3.05, 3.63) is 29.5 Å². The summed E-state index contributed by atoms with van der Waals surface area (Å²) in [6.07, 6.45) is 3.42. The Morgan fingerprint density at radius 3 is 2.72 bits per heavy atom. The van der Waals surface area contributed by atoms with E-state index in [9.17, 15) is 13.6 Å². The zero-order valence-electron chi connectivity index (χ0n) is 14.1. The van der Waals surface area contributed by atoms with Gasteiger partial charge < -0.3 is 14.8 Å². The third-order valence-electron chi connectivity index (χ3n) is 3.49. The average Bonchev–Trinajstić information content (AvgIpc) is 2.82. The van der Waals surface area contributed by atoms with Crippen LogP contribution >= 0.6 is 12.2 Å². The predicted molar refractivity (Wildman–Crippen MR) is 94.6 cm³/mol. The van der Waals surface area contributed by atoms with E-state index in [1.165, 1.54) is 11.0 Å². The molecule has 0 spiro atoms. The van der Waals surface area contributed by atoms with Gasteiger partial charge in [-0.15, -0.1) is 0 Å². The van der Waals surface area contributed by atoms with Crippen LogP contribution in [-0.2, 0) is 4.79 Å². The number of nitrogens with one attached hydrogen (secondary N) is 1. The fourth-order valence-electron chi connectivity index (χ4n) is 2.33. The molecule has 1 fully saturated rings. The molecule has 8 heteroatoms. The van der Waals surface area contributed by atoms with Crippen LogP contribution in [0, 0.1) is 0 Å². The van der Waals surface area contributed by atoms with Crippen LogP contribution in [-0.4, -0.2) is 35.7 Å². The molecule has 0 aliphatic carbocycles. The molecular weight excluding hydrogens is 350 g/mol. The van der Waals surface area contributed by atoms with Crippen LogP contribution in [0.1, 0.15) is 32.3 Å². The minimum atomic E-state index is -2.94. The Kier molecular flexibility index (Phi) is 6.69. The monoisotopic (exact) mass is 370 g/mol. The summed E-state index contributed by atoms with van der Waals surface area (Å²) in [4.78, 5) is 13.9. The Labute approximate surface area is 150 Å². The van der Waals surface area contributed by atoms with Gasteiger partial charge in [0, 0.05) is 6.54 Å². The fraction of sp³-hybridized carbons (Fsp3) is 0.412. The van der Waals surface area contributed by atoms with Gasteiger partial charge in [0.05, 0.1) is 6.61 Å². The van der Waals surface area contributed by atoms with E-state index >= 15 is 0 Å². The number of nitrogens with zero attached hydrogens (tertiary/aromatic N) is 1. The lowest BCUT2D eigenvalue weighted by Crippen LogP contribution is -2.31. The van der Waals surface area contributed by atoms with Crippen molar-refractivity contribution in [3.8, 4) is 11.5 Å². The Morgan fingerprint density at radius 2 is 2.08 bits per heavy atom. The highest BCUT2D eigenvalue weighted by molar-refractivity contribution is 7.80. The van der Waals surface area contributed by atoms with Crippen molar-refractivity contribution in [2.45, 2.75) is 33.3 Å². The lowest BCUT2D eigenvalue weighted by Gasteiger charge is -2.12. The van der Waals surface area contributed by atoms with Crippen LogP contribution in [0.4, 0.5) is 8.78 Å². The first-order chi connectivity index (χ1) is 12.0. The highest BCUT2D eigenvalue weighted by Crippen LogP contribution is 2.31. The summed E-state index contributed by atoms with van der Waals surface area (Å²) in [6.45, 7) is 1.69. The largest absolute Gasteiger partial charge is 0.490 e. The van der Waals surface area contributed by atoms with E-state index in [0.717, 1.165) is 12.8 Å². The molecule has 25 heavy (non-hydrogen) atoms. The van der Waals surface area contributed by atoms with E-state index in [-0.39, 0.29) is 17.4 Å². The second kappa shape index (κ2) is 8.75. The number of amides is 1. The van der Waals surface area contributed by atoms with Gasteiger partial charge in [-0.25, -0.2) is 0 Å². The molecule has 0 radical (unpaired) electrons. The summed E-state index contributed by atoms with van der Waals surface area (Å²) in [5.41, 5.74) is 0.951. The first-order valence-corrected chi connectivity index (χ1v) is 8.43. The molecule has 0 aromatic heterocycles. The molecule has 1 heterocycles. The van der Waals surface area contributed by atoms with E-state index in [4.69, 9.17) is 17.0 Å². The summed E-state index contributed by atoms with van der Waals surface area (Å²) in [7, 11) is 0. The number of carbonyl (C=O) groups excluding carboxylic acids is 1. The molecule has 0 atom stereocenters. The smallest absolute Gasteiger partial charge is 0.387 e. The number of alkyl halides is 2. The lowest BCUT2D eigenvalue weighted by molar-refractivity contribution is -0.122. The summed E-state index contributed by atoms with van der Waals surface area (Å²) >= 11 is 5.18. The van der Waals surface area contributed by atoms with Crippen LogP contribution in [0.2, 0.25) is 0 Å². The number of halogens is 2. The average molecular weight is 370 g/mol. The van der Waals surface area contributed by atoms with Crippen molar-refractivity contribution in [1.82, 2.24) is 10.2 Å². The summed E-state index contributed by atoms with van der Waals surface area (Å²) in [5, 5.41) is 3.25. The lowest BCUT2D eigenvalue weighted by atomic mass is 10.1. The molecule has 1 saturated heterocycles. The van der Waals surface area contributed by atoms with Crippen molar-refractivity contribution in [2.24, 2.45) is 0 Å². The molecule has 1 aromatic rings. The van der Waals surface area contributed by atoms with Crippen LogP contribution in [0.25, 0.3) is 6.08 Å². The maximum Gasteiger partial charge on any atom is 0.387 e. The predicted octanol–water partition coefficient (Wildman–Crippen LogP) is 3.54. The molecule has 1 N–H and O–H groups in total. The molecule has 0 unspecified atom stereocenters. The van der Waals surface area contributed by atoms with E-state index in [1.54, 1.807) is 25.1 Å². The van der Waals surface area contributed by atoms with Crippen molar-refractivity contribution in [2.75, 3.05) is 13.2 Å². The molecule has 0 saturated carbocycles. The number of unbranched alkanes of at least 4 members (excludes halogenated alkanes) is 1. The third kappa shape index (κ3) is 4.88. The SMILES string of the molecule is CCCCN1C(=O)/C(=C\c2ccc(OC(F)F)c(OCC)c2)NC1=S. The Hall–Kier alpha value is -2.22. The Balaban J connectivity index is 2.24. The van der Waals surface area contributed by atoms with Gasteiger partial charge in [0.1, 0.15) is 5.70 Å². The highest BCUT2D eigenvalue weighted by atomic mass is 32.1. The van der Waals surface area contributed by atoms with E-state index in [0.29, 0.717) is 29.5 Å². The first kappa shape index (κ1) is 19.1. The fourth-order valence-corrected chi connectivity index (χ4v) is 2.62. The van der Waals surface area contributed by atoms with Crippen LogP contribution in [0.3, 0.4) is 0 Å². The van der Waals surface area contributed by atoms with E-state index in [2.05, 4.69) is 10.1 Å². The highest BCUT2D eigenvalue weighted by Gasteiger charge is 2.29. The van der Waals surface area contributed by atoms with Crippen molar-refractivity contribution < 1.29 is 23.0 Å². The number of ether oxygens (including phenoxy) is 2. The minimum absolute atomic E-state index is 0.0511. The summed E-state index contributed by atoms with van der Waals surface area (Å²) in [5.74, 6) is -0.0675. The molecule has 136 valence electrons. The van der Waals surface area contributed by atoms with Gasteiger partial charge in [-0.2, -0.15) is 8.78 Å². The second-order valence-electron chi connectivity index (χ2n) is 5.32. The van der Waals surface area contributed by atoms with Crippen LogP contribution in [0.15, 0.2) is 23.9 Å². The Morgan fingerprint density at radius 1 is 1.32 bits per heavy atom. The molecule has 1 amide bonds. The number of rotatable bonds is 8. The number of hydrogen-bond donors (Lipinski definition) is 1. The molecule has 5 nitrogen and oxygen atoms in total. The van der Waals surface area contributed by atoms with Crippen LogP contribution < -0.4 is 14.8 Å². The van der Waals surface area contributed by atoms with Gasteiger partial charge in [-0.3, -0.25) is 9.69 Å². The van der Waals surface area contributed by atoms with Crippen molar-refractivity contribution >= 4 is 29.3 Å².